The lowest BCUT2D eigenvalue weighted by atomic mass is 10.1. The zero-order chi connectivity index (χ0) is 19.5. The van der Waals surface area contributed by atoms with Crippen molar-refractivity contribution in [1.82, 2.24) is 0 Å². The number of benzene rings is 2. The number of nitrogens with zero attached hydrogens (tertiary/aromatic N) is 1. The average molecular weight is 395 g/mol. The van der Waals surface area contributed by atoms with Crippen LogP contribution in [0.3, 0.4) is 0 Å². The van der Waals surface area contributed by atoms with Crippen LogP contribution in [0.1, 0.15) is 24.5 Å². The number of sulfonamides is 1. The van der Waals surface area contributed by atoms with Crippen molar-refractivity contribution in [2.75, 3.05) is 15.9 Å². The zero-order valence-corrected chi connectivity index (χ0v) is 16.9. The minimum absolute atomic E-state index is 0.333. The minimum Gasteiger partial charge on any atom is -0.324 e. The number of carbonyl (C=O) groups excluding carboxylic acids is 1. The van der Waals surface area contributed by atoms with Crippen LogP contribution in [0.4, 0.5) is 11.4 Å². The first kappa shape index (κ1) is 20.3. The van der Waals surface area contributed by atoms with Crippen LogP contribution in [0.15, 0.2) is 42.5 Å². The number of nitrogens with one attached hydrogen (secondary N) is 1. The maximum absolute atomic E-state index is 12.8. The van der Waals surface area contributed by atoms with E-state index in [1.165, 1.54) is 4.31 Å². The van der Waals surface area contributed by atoms with E-state index in [-0.39, 0.29) is 5.91 Å². The number of rotatable bonds is 6. The molecule has 0 bridgehead atoms. The molecule has 2 aromatic rings. The summed E-state index contributed by atoms with van der Waals surface area (Å²) in [6.07, 6.45) is 1.45. The molecule has 0 aliphatic rings. The molecule has 26 heavy (non-hydrogen) atoms. The Morgan fingerprint density at radius 1 is 1.12 bits per heavy atom. The summed E-state index contributed by atoms with van der Waals surface area (Å²) >= 11 is 5.86. The van der Waals surface area contributed by atoms with E-state index >= 15 is 0 Å². The first-order valence-electron chi connectivity index (χ1n) is 8.26. The average Bonchev–Trinajstić information content (AvgIpc) is 2.52. The lowest BCUT2D eigenvalue weighted by Crippen LogP contribution is -2.47. The SMILES string of the molecule is CC[C@H](C(=O)Nc1ccc(Cl)cc1)N(c1cc(C)cc(C)c1)S(C)(=O)=O. The fraction of sp³-hybridized carbons (Fsp3) is 0.316. The van der Waals surface area contributed by atoms with Crippen molar-refractivity contribution in [1.29, 1.82) is 0 Å². The van der Waals surface area contributed by atoms with Crippen LogP contribution in [0, 0.1) is 13.8 Å². The maximum atomic E-state index is 12.8. The molecule has 0 radical (unpaired) electrons. The molecule has 5 nitrogen and oxygen atoms in total. The van der Waals surface area contributed by atoms with Gasteiger partial charge in [-0.3, -0.25) is 9.10 Å². The lowest BCUT2D eigenvalue weighted by Gasteiger charge is -2.30. The van der Waals surface area contributed by atoms with E-state index in [4.69, 9.17) is 11.6 Å². The van der Waals surface area contributed by atoms with Gasteiger partial charge in [0.1, 0.15) is 6.04 Å². The number of carbonyl (C=O) groups is 1. The second-order valence-electron chi connectivity index (χ2n) is 6.32. The highest BCUT2D eigenvalue weighted by atomic mass is 35.5. The predicted octanol–water partition coefficient (Wildman–Crippen LogP) is 4.14. The second kappa shape index (κ2) is 8.10. The van der Waals surface area contributed by atoms with Gasteiger partial charge in [0.25, 0.3) is 0 Å². The second-order valence-corrected chi connectivity index (χ2v) is 8.62. The Kier molecular flexibility index (Phi) is 6.31. The van der Waals surface area contributed by atoms with Crippen LogP contribution in [-0.4, -0.2) is 26.6 Å². The third-order valence-corrected chi connectivity index (χ3v) is 5.33. The summed E-state index contributed by atoms with van der Waals surface area (Å²) < 4.78 is 26.2. The van der Waals surface area contributed by atoms with Gasteiger partial charge in [0.2, 0.25) is 15.9 Å². The molecule has 0 spiro atoms. The summed E-state index contributed by atoms with van der Waals surface area (Å²) in [5.41, 5.74) is 2.91. The Morgan fingerprint density at radius 2 is 1.65 bits per heavy atom. The molecule has 0 saturated carbocycles. The fourth-order valence-corrected chi connectivity index (χ4v) is 4.22. The normalized spacial score (nSPS) is 12.5. The van der Waals surface area contributed by atoms with E-state index < -0.39 is 16.1 Å². The van der Waals surface area contributed by atoms with E-state index in [0.29, 0.717) is 22.8 Å². The molecule has 2 rings (SSSR count). The molecule has 0 saturated heterocycles. The van der Waals surface area contributed by atoms with Crippen LogP contribution in [0.25, 0.3) is 0 Å². The standard InChI is InChI=1S/C19H23ClN2O3S/c1-5-18(19(23)21-16-8-6-15(20)7-9-16)22(26(4,24)25)17-11-13(2)10-14(3)12-17/h6-12,18H,5H2,1-4H3,(H,21,23)/t18-/m1/s1. The van der Waals surface area contributed by atoms with Gasteiger partial charge in [-0.25, -0.2) is 8.42 Å². The first-order chi connectivity index (χ1) is 12.1. The fourth-order valence-electron chi connectivity index (χ4n) is 2.90. The molecule has 0 fully saturated rings. The van der Waals surface area contributed by atoms with Gasteiger partial charge in [-0.05, 0) is 67.8 Å². The van der Waals surface area contributed by atoms with Crippen molar-refractivity contribution in [3.63, 3.8) is 0 Å². The van der Waals surface area contributed by atoms with Gasteiger partial charge in [-0.2, -0.15) is 0 Å². The number of hydrogen-bond acceptors (Lipinski definition) is 3. The quantitative estimate of drug-likeness (QED) is 0.800. The molecule has 2 aromatic carbocycles. The summed E-state index contributed by atoms with van der Waals surface area (Å²) in [7, 11) is -3.66. The van der Waals surface area contributed by atoms with Crippen molar-refractivity contribution in [3.8, 4) is 0 Å². The molecule has 0 aliphatic heterocycles. The molecule has 140 valence electrons. The van der Waals surface area contributed by atoms with Crippen molar-refractivity contribution < 1.29 is 13.2 Å². The molecule has 1 N–H and O–H groups in total. The van der Waals surface area contributed by atoms with Gasteiger partial charge in [0.05, 0.1) is 11.9 Å². The number of anilines is 2. The number of aryl methyl sites for hydroxylation is 2. The number of halogens is 1. The summed E-state index contributed by atoms with van der Waals surface area (Å²) in [6.45, 7) is 5.57. The number of hydrogen-bond donors (Lipinski definition) is 1. The highest BCUT2D eigenvalue weighted by Gasteiger charge is 2.31. The van der Waals surface area contributed by atoms with Crippen LogP contribution in [0.2, 0.25) is 5.02 Å². The minimum atomic E-state index is -3.66. The van der Waals surface area contributed by atoms with Crippen LogP contribution >= 0.6 is 11.6 Å². The van der Waals surface area contributed by atoms with E-state index in [1.807, 2.05) is 19.9 Å². The van der Waals surface area contributed by atoms with Crippen molar-refractivity contribution in [2.24, 2.45) is 0 Å². The molecule has 1 amide bonds. The first-order valence-corrected chi connectivity index (χ1v) is 10.5. The van der Waals surface area contributed by atoms with E-state index in [0.717, 1.165) is 17.4 Å². The monoisotopic (exact) mass is 394 g/mol. The van der Waals surface area contributed by atoms with Crippen LogP contribution < -0.4 is 9.62 Å². The summed E-state index contributed by atoms with van der Waals surface area (Å²) in [5.74, 6) is -0.389. The van der Waals surface area contributed by atoms with Crippen LogP contribution in [0.5, 0.6) is 0 Å². The molecule has 7 heteroatoms. The third kappa shape index (κ3) is 4.99. The van der Waals surface area contributed by atoms with Gasteiger partial charge in [0, 0.05) is 10.7 Å². The van der Waals surface area contributed by atoms with Gasteiger partial charge < -0.3 is 5.32 Å². The van der Waals surface area contributed by atoms with Crippen molar-refractivity contribution >= 4 is 38.9 Å². The topological polar surface area (TPSA) is 66.5 Å². The highest BCUT2D eigenvalue weighted by Crippen LogP contribution is 2.26. The van der Waals surface area contributed by atoms with Gasteiger partial charge in [-0.15, -0.1) is 0 Å². The number of amides is 1. The van der Waals surface area contributed by atoms with Crippen molar-refractivity contribution in [2.45, 2.75) is 33.2 Å². The van der Waals surface area contributed by atoms with Gasteiger partial charge >= 0.3 is 0 Å². The smallest absolute Gasteiger partial charge is 0.248 e. The third-order valence-electron chi connectivity index (χ3n) is 3.90. The molecule has 1 atom stereocenters. The zero-order valence-electron chi connectivity index (χ0n) is 15.3. The molecule has 0 aliphatic carbocycles. The predicted molar refractivity (Wildman–Crippen MR) is 107 cm³/mol. The Hall–Kier alpha value is -2.05. The van der Waals surface area contributed by atoms with E-state index in [2.05, 4.69) is 5.32 Å². The lowest BCUT2D eigenvalue weighted by molar-refractivity contribution is -0.117. The van der Waals surface area contributed by atoms with E-state index in [9.17, 15) is 13.2 Å². The summed E-state index contributed by atoms with van der Waals surface area (Å²) in [6, 6.07) is 11.3. The highest BCUT2D eigenvalue weighted by molar-refractivity contribution is 7.92. The largest absolute Gasteiger partial charge is 0.324 e. The molecule has 0 unspecified atom stereocenters. The Bertz CT molecular complexity index is 875. The Morgan fingerprint density at radius 3 is 2.12 bits per heavy atom. The summed E-state index contributed by atoms with van der Waals surface area (Å²) in [4.78, 5) is 12.8. The van der Waals surface area contributed by atoms with Crippen LogP contribution in [-0.2, 0) is 14.8 Å². The molecular formula is C19H23ClN2O3S. The maximum Gasteiger partial charge on any atom is 0.248 e. The van der Waals surface area contributed by atoms with Gasteiger partial charge in [0.15, 0.2) is 0 Å². The molecule has 0 aromatic heterocycles. The molecule has 0 heterocycles. The Balaban J connectivity index is 2.40. The summed E-state index contributed by atoms with van der Waals surface area (Å²) in [5, 5.41) is 3.33. The van der Waals surface area contributed by atoms with Gasteiger partial charge in [-0.1, -0.05) is 24.6 Å². The van der Waals surface area contributed by atoms with E-state index in [1.54, 1.807) is 43.3 Å². The Labute approximate surface area is 160 Å². The van der Waals surface area contributed by atoms with Crippen molar-refractivity contribution in [3.05, 3.63) is 58.6 Å². The molecular weight excluding hydrogens is 372 g/mol.